The number of hydrogen-bond donors (Lipinski definition) is 1. The van der Waals surface area contributed by atoms with Crippen LogP contribution >= 0.6 is 23.1 Å². The molecule has 8 heteroatoms. The van der Waals surface area contributed by atoms with Crippen molar-refractivity contribution in [1.29, 1.82) is 0 Å². The van der Waals surface area contributed by atoms with Crippen LogP contribution in [0.1, 0.15) is 4.88 Å². The second kappa shape index (κ2) is 7.19. The SMILES string of the molecule is O=C(CSc1nnc(-c2ccncc2)o1)NCc1cccs1. The predicted octanol–water partition coefficient (Wildman–Crippen LogP) is 2.60. The van der Waals surface area contributed by atoms with Crippen molar-refractivity contribution in [2.75, 3.05) is 5.75 Å². The van der Waals surface area contributed by atoms with E-state index in [9.17, 15) is 4.79 Å². The fourth-order valence-corrected chi connectivity index (χ4v) is 2.89. The van der Waals surface area contributed by atoms with Gasteiger partial charge >= 0.3 is 0 Å². The average Bonchev–Trinajstić information content (AvgIpc) is 3.23. The second-order valence-electron chi connectivity index (χ2n) is 4.25. The number of thioether (sulfide) groups is 1. The van der Waals surface area contributed by atoms with Crippen LogP contribution in [0.4, 0.5) is 0 Å². The Morgan fingerprint density at radius 3 is 2.91 bits per heavy atom. The first-order chi connectivity index (χ1) is 10.8. The first kappa shape index (κ1) is 14.7. The van der Waals surface area contributed by atoms with Crippen LogP contribution in [-0.2, 0) is 11.3 Å². The molecule has 112 valence electrons. The zero-order chi connectivity index (χ0) is 15.2. The van der Waals surface area contributed by atoms with Crippen molar-refractivity contribution < 1.29 is 9.21 Å². The fourth-order valence-electron chi connectivity index (χ4n) is 1.66. The van der Waals surface area contributed by atoms with Gasteiger partial charge in [0.1, 0.15) is 0 Å². The monoisotopic (exact) mass is 332 g/mol. The summed E-state index contributed by atoms with van der Waals surface area (Å²) in [6, 6.07) is 7.52. The van der Waals surface area contributed by atoms with E-state index in [1.165, 1.54) is 11.8 Å². The van der Waals surface area contributed by atoms with E-state index in [1.54, 1.807) is 35.9 Å². The lowest BCUT2D eigenvalue weighted by Crippen LogP contribution is -2.24. The quantitative estimate of drug-likeness (QED) is 0.699. The zero-order valence-corrected chi connectivity index (χ0v) is 13.1. The van der Waals surface area contributed by atoms with E-state index in [4.69, 9.17) is 4.42 Å². The third kappa shape index (κ3) is 3.92. The second-order valence-corrected chi connectivity index (χ2v) is 6.21. The Balaban J connectivity index is 1.49. The standard InChI is InChI=1S/C14H12N4O2S2/c19-12(16-8-11-2-1-7-21-11)9-22-14-18-17-13(20-14)10-3-5-15-6-4-10/h1-7H,8-9H2,(H,16,19). The normalized spacial score (nSPS) is 10.5. The molecule has 3 heterocycles. The van der Waals surface area contributed by atoms with Crippen molar-refractivity contribution in [3.63, 3.8) is 0 Å². The number of carbonyl (C=O) groups excluding carboxylic acids is 1. The fraction of sp³-hybridized carbons (Fsp3) is 0.143. The van der Waals surface area contributed by atoms with Gasteiger partial charge in [0.25, 0.3) is 5.22 Å². The highest BCUT2D eigenvalue weighted by atomic mass is 32.2. The molecule has 0 saturated carbocycles. The summed E-state index contributed by atoms with van der Waals surface area (Å²) in [6.45, 7) is 0.545. The molecule has 0 aliphatic heterocycles. The van der Waals surface area contributed by atoms with Gasteiger partial charge in [-0.3, -0.25) is 9.78 Å². The summed E-state index contributed by atoms with van der Waals surface area (Å²) < 4.78 is 5.51. The molecule has 3 aromatic rings. The summed E-state index contributed by atoms with van der Waals surface area (Å²) in [5.41, 5.74) is 0.802. The minimum absolute atomic E-state index is 0.0675. The number of rotatable bonds is 6. The van der Waals surface area contributed by atoms with Crippen LogP contribution in [0.2, 0.25) is 0 Å². The smallest absolute Gasteiger partial charge is 0.277 e. The predicted molar refractivity (Wildman–Crippen MR) is 84.4 cm³/mol. The summed E-state index contributed by atoms with van der Waals surface area (Å²) >= 11 is 2.83. The molecule has 0 bridgehead atoms. The summed E-state index contributed by atoms with van der Waals surface area (Å²) in [5.74, 6) is 0.592. The molecule has 1 N–H and O–H groups in total. The number of nitrogens with zero attached hydrogens (tertiary/aromatic N) is 3. The lowest BCUT2D eigenvalue weighted by atomic mass is 10.3. The molecule has 0 unspecified atom stereocenters. The Kier molecular flexibility index (Phi) is 4.81. The van der Waals surface area contributed by atoms with Crippen molar-refractivity contribution in [3.8, 4) is 11.5 Å². The van der Waals surface area contributed by atoms with Gasteiger partial charge in [-0.1, -0.05) is 17.8 Å². The highest BCUT2D eigenvalue weighted by Gasteiger charge is 2.11. The van der Waals surface area contributed by atoms with Crippen molar-refractivity contribution in [2.45, 2.75) is 11.8 Å². The van der Waals surface area contributed by atoms with E-state index in [1.807, 2.05) is 17.5 Å². The van der Waals surface area contributed by atoms with Crippen LogP contribution in [-0.4, -0.2) is 26.8 Å². The van der Waals surface area contributed by atoms with E-state index in [-0.39, 0.29) is 11.7 Å². The highest BCUT2D eigenvalue weighted by Crippen LogP contribution is 2.22. The Morgan fingerprint density at radius 2 is 2.14 bits per heavy atom. The molecular weight excluding hydrogens is 320 g/mol. The van der Waals surface area contributed by atoms with Gasteiger partial charge in [-0.15, -0.1) is 21.5 Å². The molecule has 0 spiro atoms. The van der Waals surface area contributed by atoms with Gasteiger partial charge in [-0.25, -0.2) is 0 Å². The molecule has 0 aliphatic rings. The summed E-state index contributed by atoms with van der Waals surface area (Å²) in [4.78, 5) is 16.8. The molecule has 0 aliphatic carbocycles. The van der Waals surface area contributed by atoms with Crippen molar-refractivity contribution in [3.05, 3.63) is 46.9 Å². The van der Waals surface area contributed by atoms with Gasteiger partial charge in [0.15, 0.2) is 0 Å². The Hall–Kier alpha value is -2.19. The number of amides is 1. The number of nitrogens with one attached hydrogen (secondary N) is 1. The lowest BCUT2D eigenvalue weighted by molar-refractivity contribution is -0.118. The number of pyridine rings is 1. The van der Waals surface area contributed by atoms with Crippen LogP contribution in [0.5, 0.6) is 0 Å². The molecule has 6 nitrogen and oxygen atoms in total. The summed E-state index contributed by atoms with van der Waals surface area (Å²) in [7, 11) is 0. The third-order valence-corrected chi connectivity index (χ3v) is 4.40. The largest absolute Gasteiger partial charge is 0.411 e. The maximum absolute atomic E-state index is 11.8. The first-order valence-corrected chi connectivity index (χ1v) is 8.33. The molecule has 0 aromatic carbocycles. The van der Waals surface area contributed by atoms with Crippen molar-refractivity contribution >= 4 is 29.0 Å². The summed E-state index contributed by atoms with van der Waals surface area (Å²) in [6.07, 6.45) is 3.31. The van der Waals surface area contributed by atoms with Gasteiger partial charge in [0, 0.05) is 22.8 Å². The molecule has 0 saturated heterocycles. The lowest BCUT2D eigenvalue weighted by Gasteiger charge is -2.01. The van der Waals surface area contributed by atoms with Crippen molar-refractivity contribution in [2.24, 2.45) is 0 Å². The molecule has 22 heavy (non-hydrogen) atoms. The minimum atomic E-state index is -0.0675. The van der Waals surface area contributed by atoms with Crippen LogP contribution in [0.3, 0.4) is 0 Å². The number of aromatic nitrogens is 3. The van der Waals surface area contributed by atoms with Gasteiger partial charge in [-0.2, -0.15) is 0 Å². The van der Waals surface area contributed by atoms with Crippen LogP contribution in [0.15, 0.2) is 51.7 Å². The van der Waals surface area contributed by atoms with Crippen LogP contribution < -0.4 is 5.32 Å². The molecule has 3 rings (SSSR count). The van der Waals surface area contributed by atoms with E-state index >= 15 is 0 Å². The topological polar surface area (TPSA) is 80.9 Å². The van der Waals surface area contributed by atoms with Crippen LogP contribution in [0.25, 0.3) is 11.5 Å². The van der Waals surface area contributed by atoms with E-state index in [0.717, 1.165) is 10.4 Å². The maximum atomic E-state index is 11.8. The van der Waals surface area contributed by atoms with E-state index < -0.39 is 0 Å². The average molecular weight is 332 g/mol. The Morgan fingerprint density at radius 1 is 1.27 bits per heavy atom. The van der Waals surface area contributed by atoms with E-state index in [0.29, 0.717) is 17.7 Å². The molecule has 3 aromatic heterocycles. The molecule has 0 atom stereocenters. The molecule has 0 fully saturated rings. The minimum Gasteiger partial charge on any atom is -0.411 e. The molecular formula is C14H12N4O2S2. The third-order valence-electron chi connectivity index (χ3n) is 2.70. The zero-order valence-electron chi connectivity index (χ0n) is 11.4. The van der Waals surface area contributed by atoms with Crippen molar-refractivity contribution in [1.82, 2.24) is 20.5 Å². The number of thiophene rings is 1. The van der Waals surface area contributed by atoms with Gasteiger partial charge in [-0.05, 0) is 23.6 Å². The number of carbonyl (C=O) groups is 1. The van der Waals surface area contributed by atoms with Gasteiger partial charge in [0.05, 0.1) is 12.3 Å². The maximum Gasteiger partial charge on any atom is 0.277 e. The molecule has 0 radical (unpaired) electrons. The molecule has 1 amide bonds. The van der Waals surface area contributed by atoms with Gasteiger partial charge < -0.3 is 9.73 Å². The van der Waals surface area contributed by atoms with Crippen LogP contribution in [0, 0.1) is 0 Å². The van der Waals surface area contributed by atoms with Gasteiger partial charge in [0.2, 0.25) is 11.8 Å². The Bertz CT molecular complexity index is 728. The van der Waals surface area contributed by atoms with E-state index in [2.05, 4.69) is 20.5 Å². The highest BCUT2D eigenvalue weighted by molar-refractivity contribution is 7.99. The Labute approximate surface area is 135 Å². The summed E-state index contributed by atoms with van der Waals surface area (Å²) in [5, 5.41) is 13.1. The number of hydrogen-bond acceptors (Lipinski definition) is 7. The first-order valence-electron chi connectivity index (χ1n) is 6.47.